The Labute approximate surface area is 150 Å². The molecule has 0 aromatic heterocycles. The van der Waals surface area contributed by atoms with E-state index in [-0.39, 0.29) is 33.3 Å². The smallest absolute Gasteiger partial charge is 0.337 e. The highest BCUT2D eigenvalue weighted by Gasteiger charge is 2.17. The van der Waals surface area contributed by atoms with Crippen LogP contribution in [0.1, 0.15) is 16.8 Å². The maximum atomic E-state index is 12.2. The molecule has 2 aromatic carbocycles. The molecule has 1 amide bonds. The van der Waals surface area contributed by atoms with Crippen molar-refractivity contribution < 1.29 is 22.7 Å². The van der Waals surface area contributed by atoms with E-state index in [4.69, 9.17) is 11.6 Å². The van der Waals surface area contributed by atoms with Crippen molar-refractivity contribution >= 4 is 39.0 Å². The highest BCUT2D eigenvalue weighted by atomic mass is 35.5. The lowest BCUT2D eigenvalue weighted by molar-refractivity contribution is -0.115. The SMILES string of the molecule is COC(=O)c1ccc(Cl)c(NC(=O)CCS(=O)(=O)c2ccccc2)c1. The molecule has 0 spiro atoms. The topological polar surface area (TPSA) is 89.5 Å². The predicted molar refractivity (Wildman–Crippen MR) is 94.5 cm³/mol. The summed E-state index contributed by atoms with van der Waals surface area (Å²) >= 11 is 5.99. The molecule has 0 bridgehead atoms. The number of carbonyl (C=O) groups is 2. The van der Waals surface area contributed by atoms with Crippen molar-refractivity contribution in [1.82, 2.24) is 0 Å². The molecule has 2 rings (SSSR count). The summed E-state index contributed by atoms with van der Waals surface area (Å²) in [5.41, 5.74) is 0.436. The fourth-order valence-electron chi connectivity index (χ4n) is 2.05. The van der Waals surface area contributed by atoms with Gasteiger partial charge in [-0.25, -0.2) is 13.2 Å². The molecule has 0 unspecified atom stereocenters. The van der Waals surface area contributed by atoms with E-state index in [0.29, 0.717) is 0 Å². The molecule has 0 heterocycles. The van der Waals surface area contributed by atoms with E-state index in [9.17, 15) is 18.0 Å². The molecule has 0 aliphatic heterocycles. The fourth-order valence-corrected chi connectivity index (χ4v) is 3.48. The highest BCUT2D eigenvalue weighted by Crippen LogP contribution is 2.24. The van der Waals surface area contributed by atoms with Gasteiger partial charge >= 0.3 is 5.97 Å². The number of rotatable bonds is 6. The minimum absolute atomic E-state index is 0.161. The van der Waals surface area contributed by atoms with E-state index in [1.807, 2.05) is 0 Å². The minimum atomic E-state index is -3.55. The first kappa shape index (κ1) is 19.0. The molecule has 0 atom stereocenters. The van der Waals surface area contributed by atoms with Crippen molar-refractivity contribution in [1.29, 1.82) is 0 Å². The van der Waals surface area contributed by atoms with Crippen LogP contribution in [0.15, 0.2) is 53.4 Å². The molecule has 132 valence electrons. The van der Waals surface area contributed by atoms with Crippen molar-refractivity contribution in [3.8, 4) is 0 Å². The standard InChI is InChI=1S/C17H16ClNO5S/c1-24-17(21)12-7-8-14(18)15(11-12)19-16(20)9-10-25(22,23)13-5-3-2-4-6-13/h2-8,11H,9-10H2,1H3,(H,19,20). The number of anilines is 1. The van der Waals surface area contributed by atoms with Gasteiger partial charge in [-0.1, -0.05) is 29.8 Å². The van der Waals surface area contributed by atoms with Gasteiger partial charge in [0.25, 0.3) is 0 Å². The van der Waals surface area contributed by atoms with Crippen LogP contribution in [0.4, 0.5) is 5.69 Å². The van der Waals surface area contributed by atoms with Crippen LogP contribution in [0.2, 0.25) is 5.02 Å². The molecule has 0 saturated heterocycles. The number of esters is 1. The van der Waals surface area contributed by atoms with Gasteiger partial charge in [0.15, 0.2) is 9.84 Å². The average molecular weight is 382 g/mol. The Morgan fingerprint density at radius 2 is 1.80 bits per heavy atom. The van der Waals surface area contributed by atoms with Gasteiger partial charge in [0.2, 0.25) is 5.91 Å². The number of sulfone groups is 1. The molecule has 1 N–H and O–H groups in total. The molecule has 0 aliphatic rings. The molecule has 8 heteroatoms. The Morgan fingerprint density at radius 1 is 1.12 bits per heavy atom. The molecular formula is C17H16ClNO5S. The molecule has 0 saturated carbocycles. The van der Waals surface area contributed by atoms with Gasteiger partial charge in [-0.3, -0.25) is 4.79 Å². The second kappa shape index (κ2) is 8.13. The normalized spacial score (nSPS) is 11.0. The number of halogens is 1. The van der Waals surface area contributed by atoms with Gasteiger partial charge in [0, 0.05) is 6.42 Å². The number of carbonyl (C=O) groups excluding carboxylic acids is 2. The van der Waals surface area contributed by atoms with Crippen molar-refractivity contribution in [3.63, 3.8) is 0 Å². The number of amides is 1. The fraction of sp³-hybridized carbons (Fsp3) is 0.176. The quantitative estimate of drug-likeness (QED) is 0.777. The first-order valence-corrected chi connectivity index (χ1v) is 9.32. The summed E-state index contributed by atoms with van der Waals surface area (Å²) in [7, 11) is -2.31. The molecule has 0 aliphatic carbocycles. The van der Waals surface area contributed by atoms with E-state index in [2.05, 4.69) is 10.1 Å². The first-order chi connectivity index (χ1) is 11.8. The Hall–Kier alpha value is -2.38. The molecule has 0 radical (unpaired) electrons. The second-order valence-electron chi connectivity index (χ2n) is 5.12. The zero-order valence-electron chi connectivity index (χ0n) is 13.4. The van der Waals surface area contributed by atoms with Gasteiger partial charge in [-0.05, 0) is 30.3 Å². The summed E-state index contributed by atoms with van der Waals surface area (Å²) in [4.78, 5) is 23.7. The summed E-state index contributed by atoms with van der Waals surface area (Å²) in [5.74, 6) is -1.43. The van der Waals surface area contributed by atoms with E-state index < -0.39 is 21.7 Å². The molecule has 0 fully saturated rings. The maximum absolute atomic E-state index is 12.2. The predicted octanol–water partition coefficient (Wildman–Crippen LogP) is 2.93. The van der Waals surface area contributed by atoms with E-state index >= 15 is 0 Å². The highest BCUT2D eigenvalue weighted by molar-refractivity contribution is 7.91. The van der Waals surface area contributed by atoms with Crippen LogP contribution in [0.25, 0.3) is 0 Å². The third kappa shape index (κ3) is 5.04. The Kier molecular flexibility index (Phi) is 6.17. The van der Waals surface area contributed by atoms with Crippen LogP contribution in [-0.4, -0.2) is 33.2 Å². The number of benzene rings is 2. The van der Waals surface area contributed by atoms with Crippen LogP contribution in [0, 0.1) is 0 Å². The van der Waals surface area contributed by atoms with Crippen LogP contribution < -0.4 is 5.32 Å². The Morgan fingerprint density at radius 3 is 2.44 bits per heavy atom. The average Bonchev–Trinajstić information content (AvgIpc) is 2.62. The van der Waals surface area contributed by atoms with Gasteiger partial charge in [-0.2, -0.15) is 0 Å². The molecular weight excluding hydrogens is 366 g/mol. The third-order valence-electron chi connectivity index (χ3n) is 3.36. The van der Waals surface area contributed by atoms with Crippen LogP contribution >= 0.6 is 11.6 Å². The first-order valence-electron chi connectivity index (χ1n) is 7.29. The van der Waals surface area contributed by atoms with Gasteiger partial charge in [0.05, 0.1) is 34.0 Å². The maximum Gasteiger partial charge on any atom is 0.337 e. The van der Waals surface area contributed by atoms with Gasteiger partial charge in [-0.15, -0.1) is 0 Å². The van der Waals surface area contributed by atoms with Crippen molar-refractivity contribution in [2.24, 2.45) is 0 Å². The summed E-state index contributed by atoms with van der Waals surface area (Å²) in [5, 5.41) is 2.74. The monoisotopic (exact) mass is 381 g/mol. The Bertz CT molecular complexity index is 881. The van der Waals surface area contributed by atoms with Crippen LogP contribution in [-0.2, 0) is 19.4 Å². The van der Waals surface area contributed by atoms with E-state index in [1.165, 1.54) is 37.4 Å². The number of hydrogen-bond donors (Lipinski definition) is 1. The molecule has 6 nitrogen and oxygen atoms in total. The lowest BCUT2D eigenvalue weighted by atomic mass is 10.2. The van der Waals surface area contributed by atoms with Crippen LogP contribution in [0.3, 0.4) is 0 Å². The lowest BCUT2D eigenvalue weighted by Crippen LogP contribution is -2.18. The number of nitrogens with one attached hydrogen (secondary N) is 1. The van der Waals surface area contributed by atoms with Gasteiger partial charge < -0.3 is 10.1 Å². The third-order valence-corrected chi connectivity index (χ3v) is 5.42. The lowest BCUT2D eigenvalue weighted by Gasteiger charge is -2.09. The van der Waals surface area contributed by atoms with E-state index in [1.54, 1.807) is 18.2 Å². The molecule has 2 aromatic rings. The Balaban J connectivity index is 2.05. The summed E-state index contributed by atoms with van der Waals surface area (Å²) in [6.07, 6.45) is -0.240. The zero-order valence-corrected chi connectivity index (χ0v) is 14.9. The van der Waals surface area contributed by atoms with Crippen molar-refractivity contribution in [2.75, 3.05) is 18.2 Å². The number of methoxy groups -OCH3 is 1. The summed E-state index contributed by atoms with van der Waals surface area (Å²) in [6, 6.07) is 12.2. The summed E-state index contributed by atoms with van der Waals surface area (Å²) < 4.78 is 28.9. The van der Waals surface area contributed by atoms with Crippen molar-refractivity contribution in [3.05, 3.63) is 59.1 Å². The minimum Gasteiger partial charge on any atom is -0.465 e. The summed E-state index contributed by atoms with van der Waals surface area (Å²) in [6.45, 7) is 0. The number of ether oxygens (including phenoxy) is 1. The van der Waals surface area contributed by atoms with Crippen LogP contribution in [0.5, 0.6) is 0 Å². The zero-order chi connectivity index (χ0) is 18.4. The second-order valence-corrected chi connectivity index (χ2v) is 7.63. The largest absolute Gasteiger partial charge is 0.465 e. The number of hydrogen-bond acceptors (Lipinski definition) is 5. The van der Waals surface area contributed by atoms with E-state index in [0.717, 1.165) is 0 Å². The van der Waals surface area contributed by atoms with Gasteiger partial charge in [0.1, 0.15) is 0 Å². The van der Waals surface area contributed by atoms with Crippen molar-refractivity contribution in [2.45, 2.75) is 11.3 Å². The molecule has 25 heavy (non-hydrogen) atoms.